The summed E-state index contributed by atoms with van der Waals surface area (Å²) in [6, 6.07) is 3.58. The SMILES string of the molecule is CCCC(=O)NC1CCCN(C(=O)CC(NC(C)=O)c2cccs2)C1. The molecular weight excluding hydrogens is 338 g/mol. The molecule has 6 nitrogen and oxygen atoms in total. The normalized spacial score (nSPS) is 18.5. The van der Waals surface area contributed by atoms with E-state index in [9.17, 15) is 14.4 Å². The lowest BCUT2D eigenvalue weighted by atomic mass is 10.0. The molecule has 1 aliphatic heterocycles. The van der Waals surface area contributed by atoms with Crippen molar-refractivity contribution < 1.29 is 14.4 Å². The average molecular weight is 365 g/mol. The van der Waals surface area contributed by atoms with E-state index in [1.165, 1.54) is 18.3 Å². The summed E-state index contributed by atoms with van der Waals surface area (Å²) < 4.78 is 0. The molecule has 1 aliphatic rings. The van der Waals surface area contributed by atoms with Crippen LogP contribution in [0.2, 0.25) is 0 Å². The number of carbonyl (C=O) groups is 3. The van der Waals surface area contributed by atoms with Crippen molar-refractivity contribution in [2.75, 3.05) is 13.1 Å². The average Bonchev–Trinajstić information content (AvgIpc) is 3.08. The minimum absolute atomic E-state index is 0.0154. The van der Waals surface area contributed by atoms with Gasteiger partial charge in [-0.25, -0.2) is 0 Å². The van der Waals surface area contributed by atoms with Gasteiger partial charge in [-0.15, -0.1) is 11.3 Å². The largest absolute Gasteiger partial charge is 0.352 e. The molecule has 0 spiro atoms. The molecule has 1 aromatic heterocycles. The van der Waals surface area contributed by atoms with Gasteiger partial charge in [0, 0.05) is 37.4 Å². The first kappa shape index (κ1) is 19.4. The summed E-state index contributed by atoms with van der Waals surface area (Å²) in [7, 11) is 0. The van der Waals surface area contributed by atoms with Crippen molar-refractivity contribution >= 4 is 29.1 Å². The summed E-state index contributed by atoms with van der Waals surface area (Å²) in [5.74, 6) is -0.0763. The maximum atomic E-state index is 12.7. The molecule has 1 saturated heterocycles. The lowest BCUT2D eigenvalue weighted by molar-refractivity contribution is -0.134. The third-order valence-corrected chi connectivity index (χ3v) is 5.25. The quantitative estimate of drug-likeness (QED) is 0.778. The van der Waals surface area contributed by atoms with Crippen LogP contribution in [0.15, 0.2) is 17.5 Å². The van der Waals surface area contributed by atoms with E-state index >= 15 is 0 Å². The number of likely N-dealkylation sites (tertiary alicyclic amines) is 1. The molecule has 0 aromatic carbocycles. The lowest BCUT2D eigenvalue weighted by Gasteiger charge is -2.34. The van der Waals surface area contributed by atoms with E-state index in [4.69, 9.17) is 0 Å². The Kier molecular flexibility index (Phi) is 7.43. The molecule has 2 heterocycles. The number of thiophene rings is 1. The molecule has 138 valence electrons. The number of carbonyl (C=O) groups excluding carboxylic acids is 3. The molecule has 1 aromatic rings. The number of hydrogen-bond donors (Lipinski definition) is 2. The van der Waals surface area contributed by atoms with E-state index in [1.807, 2.05) is 29.3 Å². The second-order valence-electron chi connectivity index (χ2n) is 6.47. The second-order valence-corrected chi connectivity index (χ2v) is 7.45. The molecule has 1 fully saturated rings. The first-order chi connectivity index (χ1) is 12.0. The molecule has 2 rings (SSSR count). The number of amides is 3. The summed E-state index contributed by atoms with van der Waals surface area (Å²) in [5, 5.41) is 7.82. The summed E-state index contributed by atoms with van der Waals surface area (Å²) in [4.78, 5) is 38.7. The van der Waals surface area contributed by atoms with Crippen LogP contribution in [-0.4, -0.2) is 41.8 Å². The fraction of sp³-hybridized carbons (Fsp3) is 0.611. The summed E-state index contributed by atoms with van der Waals surface area (Å²) in [6.07, 6.45) is 3.37. The van der Waals surface area contributed by atoms with Gasteiger partial charge in [0.05, 0.1) is 12.5 Å². The molecule has 2 N–H and O–H groups in total. The highest BCUT2D eigenvalue weighted by Crippen LogP contribution is 2.24. The van der Waals surface area contributed by atoms with Gasteiger partial charge in [0.1, 0.15) is 0 Å². The molecule has 0 aliphatic carbocycles. The monoisotopic (exact) mass is 365 g/mol. The van der Waals surface area contributed by atoms with Crippen LogP contribution in [0.4, 0.5) is 0 Å². The van der Waals surface area contributed by atoms with E-state index < -0.39 is 0 Å². The highest BCUT2D eigenvalue weighted by molar-refractivity contribution is 7.10. The van der Waals surface area contributed by atoms with Gasteiger partial charge in [-0.3, -0.25) is 14.4 Å². The summed E-state index contributed by atoms with van der Waals surface area (Å²) in [6.45, 7) is 4.69. The zero-order valence-corrected chi connectivity index (χ0v) is 15.7. The van der Waals surface area contributed by atoms with Crippen LogP contribution in [0, 0.1) is 0 Å². The molecule has 0 bridgehead atoms. The Labute approximate surface area is 153 Å². The van der Waals surface area contributed by atoms with Crippen LogP contribution < -0.4 is 10.6 Å². The molecule has 2 unspecified atom stereocenters. The Balaban J connectivity index is 1.93. The first-order valence-corrected chi connectivity index (χ1v) is 9.75. The molecule has 25 heavy (non-hydrogen) atoms. The van der Waals surface area contributed by atoms with Crippen LogP contribution in [0.3, 0.4) is 0 Å². The van der Waals surface area contributed by atoms with Crippen LogP contribution in [0.25, 0.3) is 0 Å². The Morgan fingerprint density at radius 3 is 2.84 bits per heavy atom. The predicted octanol–water partition coefficient (Wildman–Crippen LogP) is 2.22. The van der Waals surface area contributed by atoms with Gasteiger partial charge in [0.2, 0.25) is 17.7 Å². The smallest absolute Gasteiger partial charge is 0.225 e. The van der Waals surface area contributed by atoms with Crippen molar-refractivity contribution in [2.45, 2.75) is 58.0 Å². The standard InChI is InChI=1S/C18H27N3O3S/c1-3-6-17(23)20-14-7-4-9-21(12-14)18(24)11-15(19-13(2)22)16-8-5-10-25-16/h5,8,10,14-15H,3-4,6-7,9,11-12H2,1-2H3,(H,19,22)(H,20,23). The van der Waals surface area contributed by atoms with Gasteiger partial charge in [-0.05, 0) is 30.7 Å². The maximum absolute atomic E-state index is 12.7. The number of hydrogen-bond acceptors (Lipinski definition) is 4. The highest BCUT2D eigenvalue weighted by Gasteiger charge is 2.27. The van der Waals surface area contributed by atoms with Crippen molar-refractivity contribution in [3.8, 4) is 0 Å². The molecule has 2 atom stereocenters. The van der Waals surface area contributed by atoms with E-state index in [-0.39, 0.29) is 36.2 Å². The minimum atomic E-state index is -0.292. The zero-order valence-electron chi connectivity index (χ0n) is 14.9. The third kappa shape index (κ3) is 6.16. The van der Waals surface area contributed by atoms with Gasteiger partial charge in [-0.1, -0.05) is 13.0 Å². The van der Waals surface area contributed by atoms with Crippen LogP contribution >= 0.6 is 11.3 Å². The van der Waals surface area contributed by atoms with Crippen molar-refractivity contribution in [1.29, 1.82) is 0 Å². The maximum Gasteiger partial charge on any atom is 0.225 e. The van der Waals surface area contributed by atoms with Crippen LogP contribution in [0.1, 0.15) is 56.9 Å². The van der Waals surface area contributed by atoms with E-state index in [0.29, 0.717) is 19.5 Å². The summed E-state index contributed by atoms with van der Waals surface area (Å²) >= 11 is 1.53. The summed E-state index contributed by atoms with van der Waals surface area (Å²) in [5.41, 5.74) is 0. The number of nitrogens with zero attached hydrogens (tertiary/aromatic N) is 1. The Bertz CT molecular complexity index is 588. The van der Waals surface area contributed by atoms with Gasteiger partial charge < -0.3 is 15.5 Å². The van der Waals surface area contributed by atoms with Crippen LogP contribution in [-0.2, 0) is 14.4 Å². The molecule has 0 saturated carbocycles. The topological polar surface area (TPSA) is 78.5 Å². The predicted molar refractivity (Wildman–Crippen MR) is 98.1 cm³/mol. The van der Waals surface area contributed by atoms with E-state index in [2.05, 4.69) is 10.6 Å². The van der Waals surface area contributed by atoms with Crippen molar-refractivity contribution in [2.24, 2.45) is 0 Å². The number of nitrogens with one attached hydrogen (secondary N) is 2. The van der Waals surface area contributed by atoms with Gasteiger partial charge in [0.25, 0.3) is 0 Å². The van der Waals surface area contributed by atoms with Gasteiger partial charge in [0.15, 0.2) is 0 Å². The molecule has 3 amide bonds. The number of piperidine rings is 1. The molecule has 7 heteroatoms. The van der Waals surface area contributed by atoms with Crippen LogP contribution in [0.5, 0.6) is 0 Å². The fourth-order valence-electron chi connectivity index (χ4n) is 3.11. The second kappa shape index (κ2) is 9.56. The fourth-order valence-corrected chi connectivity index (χ4v) is 3.89. The Morgan fingerprint density at radius 1 is 1.40 bits per heavy atom. The van der Waals surface area contributed by atoms with Gasteiger partial charge >= 0.3 is 0 Å². The van der Waals surface area contributed by atoms with Crippen molar-refractivity contribution in [3.63, 3.8) is 0 Å². The van der Waals surface area contributed by atoms with E-state index in [0.717, 1.165) is 24.1 Å². The lowest BCUT2D eigenvalue weighted by Crippen LogP contribution is -2.50. The van der Waals surface area contributed by atoms with Crippen molar-refractivity contribution in [1.82, 2.24) is 15.5 Å². The zero-order chi connectivity index (χ0) is 18.2. The highest BCUT2D eigenvalue weighted by atomic mass is 32.1. The first-order valence-electron chi connectivity index (χ1n) is 8.87. The third-order valence-electron chi connectivity index (χ3n) is 4.26. The van der Waals surface area contributed by atoms with Gasteiger partial charge in [-0.2, -0.15) is 0 Å². The minimum Gasteiger partial charge on any atom is -0.352 e. The molecule has 0 radical (unpaired) electrons. The Hall–Kier alpha value is -1.89. The van der Waals surface area contributed by atoms with E-state index in [1.54, 1.807) is 0 Å². The van der Waals surface area contributed by atoms with Crippen molar-refractivity contribution in [3.05, 3.63) is 22.4 Å². The molecular formula is C18H27N3O3S. The Morgan fingerprint density at radius 2 is 2.20 bits per heavy atom. The number of rotatable bonds is 7.